The van der Waals surface area contributed by atoms with Crippen molar-refractivity contribution in [3.8, 4) is 11.3 Å². The average Bonchev–Trinajstić information content (AvgIpc) is 3.54. The van der Waals surface area contributed by atoms with E-state index in [2.05, 4.69) is 10.4 Å². The van der Waals surface area contributed by atoms with Crippen LogP contribution in [0.25, 0.3) is 11.3 Å². The minimum absolute atomic E-state index is 0. The first kappa shape index (κ1) is 31.1. The van der Waals surface area contributed by atoms with Gasteiger partial charge < -0.3 is 24.6 Å². The zero-order chi connectivity index (χ0) is 25.8. The van der Waals surface area contributed by atoms with E-state index in [4.69, 9.17) is 9.72 Å². The van der Waals surface area contributed by atoms with Gasteiger partial charge in [-0.05, 0) is 31.7 Å². The van der Waals surface area contributed by atoms with Crippen molar-refractivity contribution in [1.82, 2.24) is 29.5 Å². The van der Waals surface area contributed by atoms with Crippen molar-refractivity contribution in [2.45, 2.75) is 63.3 Å². The molecular formula is C28H40Cl2N6O3. The number of imidazole rings is 1. The number of amides is 1. The molecule has 11 heteroatoms. The lowest BCUT2D eigenvalue weighted by molar-refractivity contribution is -0.0893. The third kappa shape index (κ3) is 6.66. The molecule has 3 atom stereocenters. The third-order valence-electron chi connectivity index (χ3n) is 7.80. The van der Waals surface area contributed by atoms with Crippen molar-refractivity contribution in [3.63, 3.8) is 0 Å². The van der Waals surface area contributed by atoms with Crippen molar-refractivity contribution in [3.05, 3.63) is 60.3 Å². The summed E-state index contributed by atoms with van der Waals surface area (Å²) in [6, 6.07) is 9.77. The molecule has 1 aliphatic heterocycles. The fourth-order valence-corrected chi connectivity index (χ4v) is 5.95. The van der Waals surface area contributed by atoms with Crippen LogP contribution in [0.15, 0.2) is 49.1 Å². The number of hydrogen-bond donors (Lipinski definition) is 2. The van der Waals surface area contributed by atoms with Crippen molar-refractivity contribution >= 4 is 30.7 Å². The van der Waals surface area contributed by atoms with Crippen molar-refractivity contribution in [2.75, 3.05) is 33.4 Å². The molecule has 0 bridgehead atoms. The van der Waals surface area contributed by atoms with E-state index in [0.717, 1.165) is 62.1 Å². The van der Waals surface area contributed by atoms with Gasteiger partial charge in [0, 0.05) is 51.1 Å². The molecule has 3 aromatic rings. The summed E-state index contributed by atoms with van der Waals surface area (Å²) in [4.78, 5) is 20.8. The molecule has 39 heavy (non-hydrogen) atoms. The quantitative estimate of drug-likeness (QED) is 0.421. The van der Waals surface area contributed by atoms with Gasteiger partial charge >= 0.3 is 0 Å². The van der Waals surface area contributed by atoms with E-state index < -0.39 is 5.60 Å². The normalized spacial score (nSPS) is 23.1. The fraction of sp³-hybridized carbons (Fsp3) is 0.536. The maximum Gasteiger partial charge on any atom is 0.275 e. The van der Waals surface area contributed by atoms with E-state index >= 15 is 0 Å². The maximum absolute atomic E-state index is 14.1. The van der Waals surface area contributed by atoms with Gasteiger partial charge in [0.05, 0.1) is 30.9 Å². The molecule has 2 aliphatic rings. The Bertz CT molecular complexity index is 1200. The van der Waals surface area contributed by atoms with Gasteiger partial charge in [-0.3, -0.25) is 9.48 Å². The second-order valence-corrected chi connectivity index (χ2v) is 10.4. The van der Waals surface area contributed by atoms with Crippen molar-refractivity contribution in [2.24, 2.45) is 0 Å². The first-order valence-electron chi connectivity index (χ1n) is 13.3. The summed E-state index contributed by atoms with van der Waals surface area (Å²) in [5, 5.41) is 19.4. The number of aryl methyl sites for hydroxylation is 2. The molecular weight excluding hydrogens is 539 g/mol. The summed E-state index contributed by atoms with van der Waals surface area (Å²) in [6.45, 7) is 5.14. The first-order valence-corrected chi connectivity index (χ1v) is 13.3. The number of nitrogens with zero attached hydrogens (tertiary/aromatic N) is 5. The molecule has 1 saturated carbocycles. The Morgan fingerprint density at radius 3 is 2.74 bits per heavy atom. The number of ether oxygens (including phenoxy) is 1. The highest BCUT2D eigenvalue weighted by atomic mass is 35.5. The Kier molecular flexibility index (Phi) is 11.0. The molecule has 9 nitrogen and oxygen atoms in total. The van der Waals surface area contributed by atoms with Crippen LogP contribution in [0, 0.1) is 6.92 Å². The monoisotopic (exact) mass is 578 g/mol. The lowest BCUT2D eigenvalue weighted by atomic mass is 9.80. The van der Waals surface area contributed by atoms with Crippen LogP contribution in [-0.2, 0) is 11.3 Å². The topological polar surface area (TPSA) is 97.4 Å². The standard InChI is InChI=1S/C28H38N6O3.2ClH/c1-21-16-31-32(18-21)14-11-23-17-29-13-15-33(23)27(35)25-26(22-8-4-3-5-9-22)34(20-30-25)24-10-6-7-12-28(24,36)19-37-2;;/h3-5,8-9,16,18,20,23-24,29,36H,6-7,10-15,17,19H2,1-2H3;2*1H/t23-,24-,28-;;/m1../s1. The van der Waals surface area contributed by atoms with E-state index in [-0.39, 0.29) is 49.4 Å². The molecule has 1 saturated heterocycles. The molecule has 2 aromatic heterocycles. The van der Waals surface area contributed by atoms with Crippen LogP contribution in [0.2, 0.25) is 0 Å². The largest absolute Gasteiger partial charge is 0.385 e. The molecule has 3 heterocycles. The molecule has 214 valence electrons. The van der Waals surface area contributed by atoms with E-state index in [1.165, 1.54) is 0 Å². The number of hydrogen-bond acceptors (Lipinski definition) is 6. The number of aromatic nitrogens is 4. The van der Waals surface area contributed by atoms with Crippen LogP contribution in [0.4, 0.5) is 0 Å². The average molecular weight is 580 g/mol. The summed E-state index contributed by atoms with van der Waals surface area (Å²) in [6.07, 6.45) is 9.87. The van der Waals surface area contributed by atoms with Crippen LogP contribution >= 0.6 is 24.8 Å². The number of piperazine rings is 1. The predicted octanol–water partition coefficient (Wildman–Crippen LogP) is 3.90. The van der Waals surface area contributed by atoms with E-state index in [1.54, 1.807) is 13.4 Å². The van der Waals surface area contributed by atoms with Crippen LogP contribution < -0.4 is 5.32 Å². The molecule has 0 spiro atoms. The number of methoxy groups -OCH3 is 1. The van der Waals surface area contributed by atoms with E-state index in [9.17, 15) is 9.90 Å². The molecule has 0 radical (unpaired) electrons. The molecule has 0 unspecified atom stereocenters. The fourth-order valence-electron chi connectivity index (χ4n) is 5.95. The van der Waals surface area contributed by atoms with Crippen molar-refractivity contribution in [1.29, 1.82) is 0 Å². The molecule has 1 aliphatic carbocycles. The number of carbonyl (C=O) groups excluding carboxylic acids is 1. The van der Waals surface area contributed by atoms with Gasteiger partial charge in [-0.2, -0.15) is 5.10 Å². The Hall–Kier alpha value is -2.43. The highest BCUT2D eigenvalue weighted by Gasteiger charge is 2.42. The van der Waals surface area contributed by atoms with E-state index in [0.29, 0.717) is 18.7 Å². The van der Waals surface area contributed by atoms with Gasteiger partial charge in [-0.25, -0.2) is 4.98 Å². The molecule has 1 aromatic carbocycles. The number of aliphatic hydroxyl groups is 1. The third-order valence-corrected chi connectivity index (χ3v) is 7.80. The van der Waals surface area contributed by atoms with Gasteiger partial charge in [-0.1, -0.05) is 43.2 Å². The molecule has 1 amide bonds. The molecule has 5 rings (SSSR count). The minimum Gasteiger partial charge on any atom is -0.385 e. The van der Waals surface area contributed by atoms with Gasteiger partial charge in [0.2, 0.25) is 0 Å². The van der Waals surface area contributed by atoms with Crippen LogP contribution in [-0.4, -0.2) is 80.2 Å². The number of rotatable bonds is 8. The SMILES string of the molecule is COC[C@]1(O)CCCC[C@H]1n1cnc(C(=O)N2CCNC[C@H]2CCn2cc(C)cn2)c1-c1ccccc1.Cl.Cl. The van der Waals surface area contributed by atoms with Gasteiger partial charge in [0.15, 0.2) is 5.69 Å². The Morgan fingerprint density at radius 2 is 2.03 bits per heavy atom. The van der Waals surface area contributed by atoms with Gasteiger partial charge in [-0.15, -0.1) is 24.8 Å². The van der Waals surface area contributed by atoms with Crippen LogP contribution in [0.3, 0.4) is 0 Å². The Labute approximate surface area is 242 Å². The lowest BCUT2D eigenvalue weighted by Gasteiger charge is -2.41. The van der Waals surface area contributed by atoms with Gasteiger partial charge in [0.25, 0.3) is 5.91 Å². The second kappa shape index (κ2) is 13.8. The lowest BCUT2D eigenvalue weighted by Crippen LogP contribution is -2.54. The van der Waals surface area contributed by atoms with Crippen LogP contribution in [0.1, 0.15) is 54.2 Å². The first-order chi connectivity index (χ1) is 18.0. The number of nitrogens with one attached hydrogen (secondary N) is 1. The van der Waals surface area contributed by atoms with Crippen molar-refractivity contribution < 1.29 is 14.6 Å². The zero-order valence-electron chi connectivity index (χ0n) is 22.7. The Morgan fingerprint density at radius 1 is 1.23 bits per heavy atom. The summed E-state index contributed by atoms with van der Waals surface area (Å²) in [5.74, 6) is -0.0631. The summed E-state index contributed by atoms with van der Waals surface area (Å²) in [5.41, 5.74) is 2.26. The number of carbonyl (C=O) groups is 1. The highest BCUT2D eigenvalue weighted by Crippen LogP contribution is 2.41. The zero-order valence-corrected chi connectivity index (χ0v) is 24.3. The number of halogens is 2. The Balaban J connectivity index is 0.00000210. The smallest absolute Gasteiger partial charge is 0.275 e. The molecule has 2 N–H and O–H groups in total. The van der Waals surface area contributed by atoms with Crippen LogP contribution in [0.5, 0.6) is 0 Å². The highest BCUT2D eigenvalue weighted by molar-refractivity contribution is 5.98. The summed E-state index contributed by atoms with van der Waals surface area (Å²) in [7, 11) is 1.62. The summed E-state index contributed by atoms with van der Waals surface area (Å²) >= 11 is 0. The summed E-state index contributed by atoms with van der Waals surface area (Å²) < 4.78 is 9.41. The molecule has 2 fully saturated rings. The van der Waals surface area contributed by atoms with Gasteiger partial charge in [0.1, 0.15) is 5.60 Å². The van der Waals surface area contributed by atoms with E-state index in [1.807, 2.05) is 63.8 Å². The number of benzene rings is 1. The minimum atomic E-state index is -1.00. The second-order valence-electron chi connectivity index (χ2n) is 10.4. The maximum atomic E-state index is 14.1. The predicted molar refractivity (Wildman–Crippen MR) is 156 cm³/mol.